The van der Waals surface area contributed by atoms with Gasteiger partial charge in [-0.2, -0.15) is 8.78 Å². The lowest BCUT2D eigenvalue weighted by Gasteiger charge is -2.18. The molecule has 1 aromatic carbocycles. The molecule has 0 radical (unpaired) electrons. The largest absolute Gasteiger partial charge is 0.434 e. The first kappa shape index (κ1) is 26.1. The van der Waals surface area contributed by atoms with Crippen molar-refractivity contribution in [2.24, 2.45) is 4.99 Å². The van der Waals surface area contributed by atoms with Crippen molar-refractivity contribution in [1.82, 2.24) is 15.5 Å². The smallest absolute Gasteiger partial charge is 0.387 e. The highest BCUT2D eigenvalue weighted by Gasteiger charge is 2.10. The molecule has 0 bridgehead atoms. The Hall–Kier alpha value is -0.910. The van der Waals surface area contributed by atoms with Crippen LogP contribution in [0.5, 0.6) is 5.75 Å². The van der Waals surface area contributed by atoms with Crippen LogP contribution in [0.4, 0.5) is 8.78 Å². The van der Waals surface area contributed by atoms with Crippen molar-refractivity contribution in [1.29, 1.82) is 0 Å². The summed E-state index contributed by atoms with van der Waals surface area (Å²) in [4.78, 5) is 6.55. The van der Waals surface area contributed by atoms with Crippen molar-refractivity contribution in [2.45, 2.75) is 20.1 Å². The molecule has 0 amide bonds. The quantitative estimate of drug-likeness (QED) is 0.267. The fourth-order valence-electron chi connectivity index (χ4n) is 2.11. The second-order valence-electron chi connectivity index (χ2n) is 5.55. The predicted octanol–water partition coefficient (Wildman–Crippen LogP) is 3.19. The third-order valence-electron chi connectivity index (χ3n) is 3.45. The third kappa shape index (κ3) is 11.5. The van der Waals surface area contributed by atoms with Crippen molar-refractivity contribution in [3.05, 3.63) is 28.8 Å². The molecular weight excluding hydrogens is 493 g/mol. The Morgan fingerprint density at radius 3 is 2.67 bits per heavy atom. The van der Waals surface area contributed by atoms with Crippen molar-refractivity contribution in [2.75, 3.05) is 46.9 Å². The van der Waals surface area contributed by atoms with Crippen LogP contribution < -0.4 is 15.4 Å². The third-order valence-corrected chi connectivity index (χ3v) is 3.69. The van der Waals surface area contributed by atoms with Crippen LogP contribution in [0, 0.1) is 0 Å². The summed E-state index contributed by atoms with van der Waals surface area (Å²) in [6.45, 7) is 2.90. The zero-order valence-electron chi connectivity index (χ0n) is 15.8. The van der Waals surface area contributed by atoms with Gasteiger partial charge in [0.15, 0.2) is 5.96 Å². The highest BCUT2D eigenvalue weighted by atomic mass is 127. The fourth-order valence-corrected chi connectivity index (χ4v) is 2.31. The SMILES string of the molecule is CCNC(=NCc1cc(Cl)ccc1OC(F)F)NCCN(C)CCOC.I. The van der Waals surface area contributed by atoms with E-state index < -0.39 is 6.61 Å². The molecule has 0 atom stereocenters. The summed E-state index contributed by atoms with van der Waals surface area (Å²) < 4.78 is 34.6. The number of aliphatic imine (C=N–C) groups is 1. The van der Waals surface area contributed by atoms with Gasteiger partial charge in [0.1, 0.15) is 5.75 Å². The lowest BCUT2D eigenvalue weighted by Crippen LogP contribution is -2.41. The molecule has 0 aliphatic carbocycles. The van der Waals surface area contributed by atoms with Gasteiger partial charge in [0.2, 0.25) is 0 Å². The predicted molar refractivity (Wildman–Crippen MR) is 116 cm³/mol. The molecule has 27 heavy (non-hydrogen) atoms. The summed E-state index contributed by atoms with van der Waals surface area (Å²) >= 11 is 5.95. The monoisotopic (exact) mass is 520 g/mol. The van der Waals surface area contributed by atoms with Gasteiger partial charge in [0.25, 0.3) is 0 Å². The number of ether oxygens (including phenoxy) is 2. The summed E-state index contributed by atoms with van der Waals surface area (Å²) in [6, 6.07) is 4.50. The Bertz CT molecular complexity index is 568. The Labute approximate surface area is 181 Å². The number of nitrogens with zero attached hydrogens (tertiary/aromatic N) is 2. The Morgan fingerprint density at radius 1 is 1.30 bits per heavy atom. The van der Waals surface area contributed by atoms with Crippen molar-refractivity contribution >= 4 is 41.5 Å². The van der Waals surface area contributed by atoms with E-state index in [4.69, 9.17) is 16.3 Å². The summed E-state index contributed by atoms with van der Waals surface area (Å²) in [6.07, 6.45) is 0. The maximum absolute atomic E-state index is 12.5. The van der Waals surface area contributed by atoms with E-state index in [2.05, 4.69) is 25.3 Å². The number of nitrogens with one attached hydrogen (secondary N) is 2. The Morgan fingerprint density at radius 2 is 2.04 bits per heavy atom. The molecule has 10 heteroatoms. The fraction of sp³-hybridized carbons (Fsp3) is 0.588. The van der Waals surface area contributed by atoms with E-state index in [1.807, 2.05) is 14.0 Å². The minimum atomic E-state index is -2.90. The van der Waals surface area contributed by atoms with E-state index in [-0.39, 0.29) is 36.3 Å². The molecule has 156 valence electrons. The van der Waals surface area contributed by atoms with Gasteiger partial charge in [-0.15, -0.1) is 24.0 Å². The average molecular weight is 521 g/mol. The normalized spacial score (nSPS) is 11.5. The van der Waals surface area contributed by atoms with E-state index in [9.17, 15) is 8.78 Å². The maximum Gasteiger partial charge on any atom is 0.387 e. The summed E-state index contributed by atoms with van der Waals surface area (Å²) in [5.74, 6) is 0.666. The summed E-state index contributed by atoms with van der Waals surface area (Å²) in [7, 11) is 3.68. The number of hydrogen-bond donors (Lipinski definition) is 2. The van der Waals surface area contributed by atoms with Crippen LogP contribution in [0.1, 0.15) is 12.5 Å². The number of guanidine groups is 1. The standard InChI is InChI=1S/C17H27ClF2N4O2.HI/c1-4-21-17(22-7-8-24(2)9-10-25-3)23-12-13-11-14(18)5-6-15(13)26-16(19)20;/h5-6,11,16H,4,7-10,12H2,1-3H3,(H2,21,22,23);1H. The van der Waals surface area contributed by atoms with Gasteiger partial charge in [-0.25, -0.2) is 4.99 Å². The van der Waals surface area contributed by atoms with Crippen molar-refractivity contribution in [3.63, 3.8) is 0 Å². The molecule has 0 aromatic heterocycles. The van der Waals surface area contributed by atoms with Gasteiger partial charge < -0.3 is 25.0 Å². The highest BCUT2D eigenvalue weighted by molar-refractivity contribution is 14.0. The van der Waals surface area contributed by atoms with Gasteiger partial charge in [0, 0.05) is 43.9 Å². The summed E-state index contributed by atoms with van der Waals surface area (Å²) in [5.41, 5.74) is 0.493. The lowest BCUT2D eigenvalue weighted by molar-refractivity contribution is -0.0504. The van der Waals surface area contributed by atoms with E-state index in [1.165, 1.54) is 12.1 Å². The van der Waals surface area contributed by atoms with E-state index in [0.717, 1.165) is 13.1 Å². The van der Waals surface area contributed by atoms with Crippen LogP contribution in [0.3, 0.4) is 0 Å². The second-order valence-corrected chi connectivity index (χ2v) is 5.99. The van der Waals surface area contributed by atoms with Crippen LogP contribution in [0.25, 0.3) is 0 Å². The molecule has 0 spiro atoms. The van der Waals surface area contributed by atoms with Crippen molar-refractivity contribution < 1.29 is 18.3 Å². The van der Waals surface area contributed by atoms with E-state index >= 15 is 0 Å². The molecule has 2 N–H and O–H groups in total. The average Bonchev–Trinajstić information content (AvgIpc) is 2.59. The molecule has 0 saturated heterocycles. The number of halogens is 4. The zero-order valence-corrected chi connectivity index (χ0v) is 18.9. The highest BCUT2D eigenvalue weighted by Crippen LogP contribution is 2.25. The minimum Gasteiger partial charge on any atom is -0.434 e. The number of methoxy groups -OCH3 is 1. The number of likely N-dealkylation sites (N-methyl/N-ethyl adjacent to an activating group) is 1. The van der Waals surface area contributed by atoms with Gasteiger partial charge in [-0.05, 0) is 32.2 Å². The summed E-state index contributed by atoms with van der Waals surface area (Å²) in [5, 5.41) is 6.77. The molecule has 1 rings (SSSR count). The lowest BCUT2D eigenvalue weighted by atomic mass is 10.2. The molecule has 0 fully saturated rings. The van der Waals surface area contributed by atoms with Gasteiger partial charge >= 0.3 is 6.61 Å². The van der Waals surface area contributed by atoms with Crippen molar-refractivity contribution in [3.8, 4) is 5.75 Å². The molecule has 0 aliphatic heterocycles. The molecular formula is C17H28ClF2IN4O2. The first-order valence-corrected chi connectivity index (χ1v) is 8.77. The first-order valence-electron chi connectivity index (χ1n) is 8.39. The number of alkyl halides is 2. The van der Waals surface area contributed by atoms with Gasteiger partial charge in [-0.1, -0.05) is 11.6 Å². The van der Waals surface area contributed by atoms with Crippen LogP contribution in [-0.4, -0.2) is 64.4 Å². The Balaban J connectivity index is 0.00000676. The van der Waals surface area contributed by atoms with E-state index in [0.29, 0.717) is 36.2 Å². The second kappa shape index (κ2) is 15.1. The van der Waals surface area contributed by atoms with Gasteiger partial charge in [-0.3, -0.25) is 0 Å². The van der Waals surface area contributed by atoms with Crippen LogP contribution in [0.2, 0.25) is 5.02 Å². The van der Waals surface area contributed by atoms with Gasteiger partial charge in [0.05, 0.1) is 13.2 Å². The van der Waals surface area contributed by atoms with Crippen LogP contribution in [-0.2, 0) is 11.3 Å². The molecule has 0 unspecified atom stereocenters. The van der Waals surface area contributed by atoms with Crippen LogP contribution in [0.15, 0.2) is 23.2 Å². The number of rotatable bonds is 11. The molecule has 0 heterocycles. The Kier molecular flexibility index (Phi) is 14.6. The topological polar surface area (TPSA) is 58.1 Å². The molecule has 6 nitrogen and oxygen atoms in total. The minimum absolute atomic E-state index is 0. The maximum atomic E-state index is 12.5. The number of hydrogen-bond acceptors (Lipinski definition) is 4. The molecule has 0 saturated carbocycles. The first-order chi connectivity index (χ1) is 12.5. The molecule has 1 aromatic rings. The molecule has 0 aliphatic rings. The number of benzene rings is 1. The zero-order chi connectivity index (χ0) is 19.4. The van der Waals surface area contributed by atoms with Crippen LogP contribution >= 0.6 is 35.6 Å². The van der Waals surface area contributed by atoms with E-state index in [1.54, 1.807) is 13.2 Å².